The van der Waals surface area contributed by atoms with Crippen molar-refractivity contribution in [3.63, 3.8) is 0 Å². The summed E-state index contributed by atoms with van der Waals surface area (Å²) in [6.07, 6.45) is 3.85. The Morgan fingerprint density at radius 2 is 2.07 bits per heavy atom. The van der Waals surface area contributed by atoms with E-state index in [4.69, 9.17) is 5.73 Å². The molecule has 0 spiro atoms. The molecule has 4 nitrogen and oxygen atoms in total. The first-order valence-corrected chi connectivity index (χ1v) is 6.98. The maximum Gasteiger partial charge on any atom is 0.147 e. The van der Waals surface area contributed by atoms with E-state index >= 15 is 0 Å². The van der Waals surface area contributed by atoms with Crippen LogP contribution < -0.4 is 5.73 Å². The summed E-state index contributed by atoms with van der Waals surface area (Å²) in [5.41, 5.74) is 5.29. The zero-order valence-corrected chi connectivity index (χ0v) is 9.39. The van der Waals surface area contributed by atoms with Gasteiger partial charge in [-0.1, -0.05) is 0 Å². The summed E-state index contributed by atoms with van der Waals surface area (Å²) in [5, 5.41) is 9.31. The Labute approximate surface area is 85.4 Å². The van der Waals surface area contributed by atoms with Gasteiger partial charge in [-0.3, -0.25) is 0 Å². The average molecular weight is 221 g/mol. The maximum atomic E-state index is 11.0. The zero-order valence-electron chi connectivity index (χ0n) is 8.57. The van der Waals surface area contributed by atoms with E-state index in [1.165, 1.54) is 6.26 Å². The first kappa shape index (κ1) is 11.9. The van der Waals surface area contributed by atoms with Crippen molar-refractivity contribution in [2.45, 2.75) is 19.3 Å². The van der Waals surface area contributed by atoms with Gasteiger partial charge in [0.25, 0.3) is 0 Å². The second kappa shape index (κ2) is 4.16. The van der Waals surface area contributed by atoms with E-state index in [2.05, 4.69) is 0 Å². The van der Waals surface area contributed by atoms with Gasteiger partial charge in [-0.05, 0) is 25.2 Å². The summed E-state index contributed by atoms with van der Waals surface area (Å²) < 4.78 is 22.1. The molecule has 5 heteroatoms. The van der Waals surface area contributed by atoms with Crippen molar-refractivity contribution in [3.05, 3.63) is 0 Å². The van der Waals surface area contributed by atoms with Crippen LogP contribution >= 0.6 is 0 Å². The minimum absolute atomic E-state index is 0.00366. The fourth-order valence-electron chi connectivity index (χ4n) is 1.83. The van der Waals surface area contributed by atoms with E-state index in [-0.39, 0.29) is 17.8 Å². The Hall–Kier alpha value is -0.130. The summed E-state index contributed by atoms with van der Waals surface area (Å²) in [6.45, 7) is 0.382. The molecule has 0 heterocycles. The Kier molecular flexibility index (Phi) is 3.55. The largest absolute Gasteiger partial charge is 0.396 e. The van der Waals surface area contributed by atoms with Crippen LogP contribution in [0.1, 0.15) is 19.3 Å². The molecular formula is C9H19NO3S. The number of aliphatic hydroxyl groups excluding tert-OH is 1. The van der Waals surface area contributed by atoms with Gasteiger partial charge in [-0.25, -0.2) is 8.42 Å². The lowest BCUT2D eigenvalue weighted by molar-refractivity contribution is 0.105. The molecule has 1 atom stereocenters. The fourth-order valence-corrected chi connectivity index (χ4v) is 2.61. The molecule has 0 aromatic heterocycles. The average Bonchev–Trinajstić information content (AvgIpc) is 2.89. The van der Waals surface area contributed by atoms with Gasteiger partial charge in [0.05, 0.1) is 12.4 Å². The molecule has 1 aliphatic rings. The Morgan fingerprint density at radius 1 is 1.50 bits per heavy atom. The van der Waals surface area contributed by atoms with Crippen molar-refractivity contribution in [1.82, 2.24) is 0 Å². The Bertz CT molecular complexity index is 278. The van der Waals surface area contributed by atoms with Crippen molar-refractivity contribution >= 4 is 9.84 Å². The molecule has 0 amide bonds. The van der Waals surface area contributed by atoms with Crippen LogP contribution in [0.2, 0.25) is 0 Å². The van der Waals surface area contributed by atoms with Crippen molar-refractivity contribution in [2.24, 2.45) is 17.1 Å². The summed E-state index contributed by atoms with van der Waals surface area (Å²) >= 11 is 0. The Balaban J connectivity index is 2.59. The van der Waals surface area contributed by atoms with Gasteiger partial charge in [0.1, 0.15) is 9.84 Å². The highest BCUT2D eigenvalue weighted by Gasteiger charge is 2.43. The molecule has 1 saturated carbocycles. The summed E-state index contributed by atoms with van der Waals surface area (Å²) in [7, 11) is -2.95. The predicted octanol–water partition coefficient (Wildman–Crippen LogP) is -0.231. The lowest BCUT2D eigenvalue weighted by atomic mass is 9.81. The minimum atomic E-state index is -2.95. The molecule has 0 aromatic carbocycles. The topological polar surface area (TPSA) is 80.4 Å². The first-order chi connectivity index (χ1) is 6.43. The smallest absolute Gasteiger partial charge is 0.147 e. The molecule has 1 fully saturated rings. The van der Waals surface area contributed by atoms with Crippen LogP contribution in [0, 0.1) is 11.3 Å². The SMILES string of the molecule is CS(=O)(=O)CCC(CN)(CO)C1CC1. The number of hydrogen-bond acceptors (Lipinski definition) is 4. The van der Waals surface area contributed by atoms with Gasteiger partial charge in [0.15, 0.2) is 0 Å². The van der Waals surface area contributed by atoms with Gasteiger partial charge in [0, 0.05) is 18.2 Å². The molecule has 0 saturated heterocycles. The van der Waals surface area contributed by atoms with E-state index < -0.39 is 9.84 Å². The number of sulfone groups is 1. The second-order valence-corrected chi connectivity index (χ2v) is 6.64. The van der Waals surface area contributed by atoms with Crippen LogP contribution in [0.5, 0.6) is 0 Å². The van der Waals surface area contributed by atoms with Gasteiger partial charge in [0.2, 0.25) is 0 Å². The lowest BCUT2D eigenvalue weighted by Gasteiger charge is -2.30. The monoisotopic (exact) mass is 221 g/mol. The van der Waals surface area contributed by atoms with E-state index in [0.29, 0.717) is 18.9 Å². The highest BCUT2D eigenvalue weighted by atomic mass is 32.2. The van der Waals surface area contributed by atoms with E-state index in [1.807, 2.05) is 0 Å². The van der Waals surface area contributed by atoms with E-state index in [0.717, 1.165) is 12.8 Å². The molecule has 14 heavy (non-hydrogen) atoms. The Morgan fingerprint density at radius 3 is 2.36 bits per heavy atom. The van der Waals surface area contributed by atoms with Crippen LogP contribution in [0.15, 0.2) is 0 Å². The van der Waals surface area contributed by atoms with E-state index in [1.54, 1.807) is 0 Å². The lowest BCUT2D eigenvalue weighted by Crippen LogP contribution is -2.38. The van der Waals surface area contributed by atoms with Crippen molar-refractivity contribution in [2.75, 3.05) is 25.2 Å². The molecule has 0 aromatic rings. The van der Waals surface area contributed by atoms with Gasteiger partial charge in [-0.2, -0.15) is 0 Å². The molecule has 84 valence electrons. The molecule has 3 N–H and O–H groups in total. The molecular weight excluding hydrogens is 202 g/mol. The van der Waals surface area contributed by atoms with Crippen LogP contribution in [0.4, 0.5) is 0 Å². The summed E-state index contributed by atoms with van der Waals surface area (Å²) in [5.74, 6) is 0.556. The number of hydrogen-bond donors (Lipinski definition) is 2. The summed E-state index contributed by atoms with van der Waals surface area (Å²) in [4.78, 5) is 0. The minimum Gasteiger partial charge on any atom is -0.396 e. The quantitative estimate of drug-likeness (QED) is 0.649. The van der Waals surface area contributed by atoms with Crippen LogP contribution in [-0.4, -0.2) is 38.7 Å². The number of nitrogens with two attached hydrogens (primary N) is 1. The third-order valence-electron chi connectivity index (χ3n) is 3.14. The van der Waals surface area contributed by atoms with Crippen molar-refractivity contribution in [1.29, 1.82) is 0 Å². The second-order valence-electron chi connectivity index (χ2n) is 4.38. The molecule has 1 unspecified atom stereocenters. The standard InChI is InChI=1S/C9H19NO3S/c1-14(12,13)5-4-9(6-10,7-11)8-2-3-8/h8,11H,2-7,10H2,1H3. The third kappa shape index (κ3) is 2.93. The summed E-state index contributed by atoms with van der Waals surface area (Å²) in [6, 6.07) is 0. The van der Waals surface area contributed by atoms with Crippen molar-refractivity contribution < 1.29 is 13.5 Å². The van der Waals surface area contributed by atoms with Crippen LogP contribution in [0.3, 0.4) is 0 Å². The molecule has 1 aliphatic carbocycles. The van der Waals surface area contributed by atoms with Gasteiger partial charge < -0.3 is 10.8 Å². The van der Waals surface area contributed by atoms with E-state index in [9.17, 15) is 13.5 Å². The van der Waals surface area contributed by atoms with Crippen LogP contribution in [-0.2, 0) is 9.84 Å². The van der Waals surface area contributed by atoms with Crippen molar-refractivity contribution in [3.8, 4) is 0 Å². The van der Waals surface area contributed by atoms with Crippen LogP contribution in [0.25, 0.3) is 0 Å². The normalized spacial score (nSPS) is 21.9. The fraction of sp³-hybridized carbons (Fsp3) is 1.00. The van der Waals surface area contributed by atoms with Gasteiger partial charge >= 0.3 is 0 Å². The molecule has 0 aliphatic heterocycles. The maximum absolute atomic E-state index is 11.0. The molecule has 1 rings (SSSR count). The first-order valence-electron chi connectivity index (χ1n) is 4.92. The molecule has 0 bridgehead atoms. The predicted molar refractivity (Wildman–Crippen MR) is 55.6 cm³/mol. The third-order valence-corrected chi connectivity index (χ3v) is 4.08. The zero-order chi connectivity index (χ0) is 10.8. The molecule has 0 radical (unpaired) electrons. The van der Waals surface area contributed by atoms with Gasteiger partial charge in [-0.15, -0.1) is 0 Å². The number of aliphatic hydroxyl groups is 1. The highest BCUT2D eigenvalue weighted by molar-refractivity contribution is 7.90. The number of rotatable bonds is 6. The highest BCUT2D eigenvalue weighted by Crippen LogP contribution is 2.47.